The first kappa shape index (κ1) is 22.6. The molecule has 0 unspecified atom stereocenters. The first-order valence-electron chi connectivity index (χ1n) is 7.86. The number of likely N-dealkylation sites (tertiary alicyclic amines) is 1. The van der Waals surface area contributed by atoms with E-state index in [1.807, 2.05) is 18.7 Å². The third-order valence-corrected chi connectivity index (χ3v) is 5.07. The number of hydrogen-bond donors (Lipinski definition) is 2. The van der Waals surface area contributed by atoms with Crippen LogP contribution in [0.15, 0.2) is 4.99 Å². The van der Waals surface area contributed by atoms with Crippen molar-refractivity contribution in [2.24, 2.45) is 4.99 Å². The van der Waals surface area contributed by atoms with Gasteiger partial charge in [0.05, 0.1) is 6.61 Å². The lowest BCUT2D eigenvalue weighted by molar-refractivity contribution is 0.0963. The first-order chi connectivity index (χ1) is 10.4. The van der Waals surface area contributed by atoms with E-state index in [1.54, 1.807) is 11.9 Å². The average Bonchev–Trinajstić information content (AvgIpc) is 2.52. The normalized spacial score (nSPS) is 16.6. The van der Waals surface area contributed by atoms with Crippen LogP contribution >= 0.6 is 35.7 Å². The molecule has 8 heteroatoms. The minimum absolute atomic E-state index is 0. The highest BCUT2D eigenvalue weighted by Crippen LogP contribution is 2.19. The summed E-state index contributed by atoms with van der Waals surface area (Å²) in [6.07, 6.45) is 3.73. The third kappa shape index (κ3) is 8.32. The van der Waals surface area contributed by atoms with Crippen molar-refractivity contribution in [3.05, 3.63) is 0 Å². The topological polar surface area (TPSA) is 66.0 Å². The monoisotopic (exact) mass is 458 g/mol. The molecular formula is C15H31IN4O2S. The number of rotatable bonds is 5. The summed E-state index contributed by atoms with van der Waals surface area (Å²) in [7, 11) is 1.79. The maximum Gasteiger partial charge on any atom is 0.409 e. The van der Waals surface area contributed by atoms with Crippen molar-refractivity contribution in [1.82, 2.24) is 15.5 Å². The lowest BCUT2D eigenvalue weighted by Gasteiger charge is -2.33. The lowest BCUT2D eigenvalue weighted by Crippen LogP contribution is -2.51. The van der Waals surface area contributed by atoms with Crippen LogP contribution in [0.5, 0.6) is 0 Å². The van der Waals surface area contributed by atoms with Crippen molar-refractivity contribution in [3.63, 3.8) is 0 Å². The number of carbonyl (C=O) groups is 1. The highest BCUT2D eigenvalue weighted by molar-refractivity contribution is 14.0. The van der Waals surface area contributed by atoms with Gasteiger partial charge in [0.1, 0.15) is 0 Å². The summed E-state index contributed by atoms with van der Waals surface area (Å²) in [6, 6.07) is 0.342. The molecule has 0 aromatic rings. The van der Waals surface area contributed by atoms with Crippen molar-refractivity contribution in [2.45, 2.75) is 44.4 Å². The molecule has 0 aliphatic carbocycles. The summed E-state index contributed by atoms with van der Waals surface area (Å²) in [5.74, 6) is 0.830. The molecule has 0 spiro atoms. The van der Waals surface area contributed by atoms with E-state index in [-0.39, 0.29) is 34.8 Å². The second-order valence-corrected chi connectivity index (χ2v) is 7.51. The van der Waals surface area contributed by atoms with Gasteiger partial charge in [0, 0.05) is 37.5 Å². The van der Waals surface area contributed by atoms with Crippen LogP contribution in [0.3, 0.4) is 0 Å². The summed E-state index contributed by atoms with van der Waals surface area (Å²) in [6.45, 7) is 8.98. The number of aliphatic imine (C=N–C) groups is 1. The molecule has 1 amide bonds. The third-order valence-electron chi connectivity index (χ3n) is 3.82. The van der Waals surface area contributed by atoms with Crippen LogP contribution in [0.1, 0.15) is 33.6 Å². The predicted molar refractivity (Wildman–Crippen MR) is 109 cm³/mol. The summed E-state index contributed by atoms with van der Waals surface area (Å²) in [5.41, 5.74) is 0. The van der Waals surface area contributed by atoms with Crippen LogP contribution in [0.4, 0.5) is 4.79 Å². The van der Waals surface area contributed by atoms with Gasteiger partial charge in [-0.2, -0.15) is 11.8 Å². The van der Waals surface area contributed by atoms with Crippen LogP contribution < -0.4 is 10.6 Å². The minimum Gasteiger partial charge on any atom is -0.450 e. The van der Waals surface area contributed by atoms with Gasteiger partial charge in [0.2, 0.25) is 0 Å². The van der Waals surface area contributed by atoms with Gasteiger partial charge in [0.15, 0.2) is 5.96 Å². The molecule has 0 aromatic carbocycles. The number of ether oxygens (including phenoxy) is 1. The number of halogens is 1. The fourth-order valence-electron chi connectivity index (χ4n) is 2.18. The first-order valence-corrected chi connectivity index (χ1v) is 9.08. The highest BCUT2D eigenvalue weighted by atomic mass is 127. The zero-order chi connectivity index (χ0) is 16.6. The Morgan fingerprint density at radius 2 is 2.00 bits per heavy atom. The molecule has 1 rings (SSSR count). The van der Waals surface area contributed by atoms with E-state index < -0.39 is 0 Å². The lowest BCUT2D eigenvalue weighted by atomic mass is 10.1. The second kappa shape index (κ2) is 11.2. The van der Waals surface area contributed by atoms with Gasteiger partial charge in [-0.15, -0.1) is 24.0 Å². The molecular weight excluding hydrogens is 427 g/mol. The zero-order valence-electron chi connectivity index (χ0n) is 14.8. The van der Waals surface area contributed by atoms with Gasteiger partial charge in [0.25, 0.3) is 0 Å². The molecule has 0 radical (unpaired) electrons. The van der Waals surface area contributed by atoms with Gasteiger partial charge < -0.3 is 20.3 Å². The summed E-state index contributed by atoms with van der Waals surface area (Å²) < 4.78 is 5.21. The molecule has 0 aromatic heterocycles. The largest absolute Gasteiger partial charge is 0.450 e. The highest BCUT2D eigenvalue weighted by Gasteiger charge is 2.24. The van der Waals surface area contributed by atoms with Crippen LogP contribution in [0.25, 0.3) is 0 Å². The Balaban J connectivity index is 0.00000484. The van der Waals surface area contributed by atoms with E-state index in [0.717, 1.165) is 38.4 Å². The quantitative estimate of drug-likeness (QED) is 0.377. The van der Waals surface area contributed by atoms with Crippen molar-refractivity contribution in [2.75, 3.05) is 39.5 Å². The standard InChI is InChI=1S/C15H30N4O2S.HI/c1-6-21-14(20)19-9-7-12(8-10-19)18-13(16-4)17-11-15(2,3)22-5;/h12H,6-11H2,1-5H3,(H2,16,17,18);1H. The predicted octanol–water partition coefficient (Wildman–Crippen LogP) is 2.53. The van der Waals surface area contributed by atoms with Crippen molar-refractivity contribution >= 4 is 47.8 Å². The van der Waals surface area contributed by atoms with Crippen LogP contribution in [0.2, 0.25) is 0 Å². The molecule has 0 atom stereocenters. The maximum atomic E-state index is 11.7. The Morgan fingerprint density at radius 1 is 1.39 bits per heavy atom. The average molecular weight is 458 g/mol. The van der Waals surface area contributed by atoms with Crippen LogP contribution in [-0.4, -0.2) is 67.3 Å². The molecule has 1 saturated heterocycles. The molecule has 0 bridgehead atoms. The second-order valence-electron chi connectivity index (χ2n) is 5.99. The number of nitrogens with zero attached hydrogens (tertiary/aromatic N) is 2. The molecule has 1 aliphatic rings. The van der Waals surface area contributed by atoms with Gasteiger partial charge in [-0.1, -0.05) is 0 Å². The Hall–Kier alpha value is -0.380. The smallest absolute Gasteiger partial charge is 0.409 e. The van der Waals surface area contributed by atoms with Crippen LogP contribution in [-0.2, 0) is 4.74 Å². The van der Waals surface area contributed by atoms with Gasteiger partial charge in [-0.05, 0) is 39.9 Å². The minimum atomic E-state index is -0.204. The van der Waals surface area contributed by atoms with Gasteiger partial charge in [-0.3, -0.25) is 4.99 Å². The molecule has 2 N–H and O–H groups in total. The van der Waals surface area contributed by atoms with E-state index in [1.165, 1.54) is 0 Å². The van der Waals surface area contributed by atoms with E-state index in [0.29, 0.717) is 12.6 Å². The fraction of sp³-hybridized carbons (Fsp3) is 0.867. The summed E-state index contributed by atoms with van der Waals surface area (Å²) in [5, 5.41) is 6.82. The fourth-order valence-corrected chi connectivity index (χ4v) is 2.39. The van der Waals surface area contributed by atoms with Crippen molar-refractivity contribution < 1.29 is 9.53 Å². The maximum absolute atomic E-state index is 11.7. The molecule has 1 aliphatic heterocycles. The summed E-state index contributed by atoms with van der Waals surface area (Å²) >= 11 is 1.83. The van der Waals surface area contributed by atoms with E-state index in [4.69, 9.17) is 4.74 Å². The molecule has 1 heterocycles. The molecule has 1 fully saturated rings. The summed E-state index contributed by atoms with van der Waals surface area (Å²) in [4.78, 5) is 17.7. The van der Waals surface area contributed by atoms with E-state index >= 15 is 0 Å². The van der Waals surface area contributed by atoms with Gasteiger partial charge >= 0.3 is 6.09 Å². The number of amides is 1. The van der Waals surface area contributed by atoms with Crippen molar-refractivity contribution in [3.8, 4) is 0 Å². The van der Waals surface area contributed by atoms with E-state index in [9.17, 15) is 4.79 Å². The number of nitrogens with one attached hydrogen (secondary N) is 2. The number of guanidine groups is 1. The Labute approximate surface area is 161 Å². The molecule has 23 heavy (non-hydrogen) atoms. The van der Waals surface area contributed by atoms with Gasteiger partial charge in [-0.25, -0.2) is 4.79 Å². The number of thioether (sulfide) groups is 1. The Kier molecular flexibility index (Phi) is 11.0. The molecule has 6 nitrogen and oxygen atoms in total. The number of hydrogen-bond acceptors (Lipinski definition) is 4. The zero-order valence-corrected chi connectivity index (χ0v) is 18.0. The van der Waals surface area contributed by atoms with Crippen molar-refractivity contribution in [1.29, 1.82) is 0 Å². The molecule has 0 saturated carbocycles. The number of carbonyl (C=O) groups excluding carboxylic acids is 1. The SMILES string of the molecule is CCOC(=O)N1CCC(NC(=NC)NCC(C)(C)SC)CC1.I. The number of piperidine rings is 1. The van der Waals surface area contributed by atoms with Crippen LogP contribution in [0, 0.1) is 0 Å². The van der Waals surface area contributed by atoms with E-state index in [2.05, 4.69) is 35.7 Å². The Bertz CT molecular complexity index is 386. The molecule has 136 valence electrons. The Morgan fingerprint density at radius 3 is 2.48 bits per heavy atom.